The first-order chi connectivity index (χ1) is 12.9. The first kappa shape index (κ1) is 18.9. The number of esters is 1. The van der Waals surface area contributed by atoms with E-state index < -0.39 is 5.97 Å². The van der Waals surface area contributed by atoms with Crippen molar-refractivity contribution in [1.82, 2.24) is 9.97 Å². The van der Waals surface area contributed by atoms with E-state index in [-0.39, 0.29) is 18.2 Å². The van der Waals surface area contributed by atoms with Gasteiger partial charge in [0, 0.05) is 29.2 Å². The number of aryl methyl sites for hydroxylation is 2. The quantitative estimate of drug-likeness (QED) is 0.557. The highest BCUT2D eigenvalue weighted by molar-refractivity contribution is 7.15. The molecule has 2 heterocycles. The van der Waals surface area contributed by atoms with E-state index in [0.29, 0.717) is 12.2 Å². The third kappa shape index (κ3) is 4.11. The Kier molecular flexibility index (Phi) is 5.46. The van der Waals surface area contributed by atoms with E-state index in [1.807, 2.05) is 32.0 Å². The van der Waals surface area contributed by atoms with Gasteiger partial charge in [-0.2, -0.15) is 0 Å². The summed E-state index contributed by atoms with van der Waals surface area (Å²) in [6.07, 6.45) is 0. The maximum Gasteiger partial charge on any atom is 0.356 e. The van der Waals surface area contributed by atoms with Crippen LogP contribution in [0.25, 0.3) is 10.9 Å². The van der Waals surface area contributed by atoms with E-state index in [9.17, 15) is 9.59 Å². The number of carbonyl (C=O) groups is 2. The number of fused-ring (bicyclic) bond motifs is 1. The molecule has 27 heavy (non-hydrogen) atoms. The highest BCUT2D eigenvalue weighted by Crippen LogP contribution is 2.30. The zero-order valence-corrected chi connectivity index (χ0v) is 16.5. The second-order valence-electron chi connectivity index (χ2n) is 6.17. The molecular formula is C19H22N4O3S. The number of nitrogens with one attached hydrogen (secondary N) is 3. The molecule has 0 saturated heterocycles. The lowest BCUT2D eigenvalue weighted by Gasteiger charge is -2.06. The number of aromatic amines is 1. The van der Waals surface area contributed by atoms with Crippen molar-refractivity contribution in [2.75, 3.05) is 17.2 Å². The predicted molar refractivity (Wildman–Crippen MR) is 107 cm³/mol. The molecule has 0 fully saturated rings. The van der Waals surface area contributed by atoms with Crippen molar-refractivity contribution in [1.29, 1.82) is 0 Å². The normalized spacial score (nSPS) is 10.8. The Morgan fingerprint density at radius 1 is 1.30 bits per heavy atom. The summed E-state index contributed by atoms with van der Waals surface area (Å²) in [5.41, 5.74) is 3.48. The number of hydrogen-bond donors (Lipinski definition) is 3. The van der Waals surface area contributed by atoms with Crippen LogP contribution in [0.5, 0.6) is 0 Å². The third-order valence-corrected chi connectivity index (χ3v) is 5.15. The molecule has 3 N–H and O–H groups in total. The summed E-state index contributed by atoms with van der Waals surface area (Å²) in [5.74, 6) is -0.746. The van der Waals surface area contributed by atoms with Crippen LogP contribution in [0, 0.1) is 13.8 Å². The summed E-state index contributed by atoms with van der Waals surface area (Å²) < 4.78 is 5.09. The number of nitrogens with zero attached hydrogens (tertiary/aromatic N) is 1. The summed E-state index contributed by atoms with van der Waals surface area (Å²) in [6, 6.07) is 5.80. The molecule has 7 nitrogen and oxygen atoms in total. The number of anilines is 2. The average Bonchev–Trinajstić information content (AvgIpc) is 3.13. The van der Waals surface area contributed by atoms with Crippen LogP contribution in [-0.4, -0.2) is 28.5 Å². The minimum absolute atomic E-state index is 0.248. The van der Waals surface area contributed by atoms with Gasteiger partial charge in [0.05, 0.1) is 18.0 Å². The van der Waals surface area contributed by atoms with E-state index in [4.69, 9.17) is 4.74 Å². The van der Waals surface area contributed by atoms with Crippen LogP contribution in [0.3, 0.4) is 0 Å². The molecule has 0 aliphatic heterocycles. The van der Waals surface area contributed by atoms with Gasteiger partial charge in [-0.15, -0.1) is 11.3 Å². The number of aromatic nitrogens is 2. The fourth-order valence-electron chi connectivity index (χ4n) is 2.74. The second kappa shape index (κ2) is 7.79. The first-order valence-corrected chi connectivity index (χ1v) is 9.48. The number of thiazole rings is 1. The average molecular weight is 386 g/mol. The molecule has 0 radical (unpaired) electrons. The zero-order valence-electron chi connectivity index (χ0n) is 15.7. The Hall–Kier alpha value is -2.87. The largest absolute Gasteiger partial charge is 0.461 e. The van der Waals surface area contributed by atoms with Gasteiger partial charge in [0.25, 0.3) is 0 Å². The molecule has 3 aromatic rings. The molecule has 0 aliphatic rings. The molecule has 2 aromatic heterocycles. The summed E-state index contributed by atoms with van der Waals surface area (Å²) in [6.45, 7) is 8.02. The number of amides is 1. The van der Waals surface area contributed by atoms with Crippen LogP contribution in [-0.2, 0) is 16.1 Å². The summed E-state index contributed by atoms with van der Waals surface area (Å²) >= 11 is 1.62. The highest BCUT2D eigenvalue weighted by atomic mass is 32.1. The molecule has 0 saturated carbocycles. The Morgan fingerprint density at radius 3 is 2.70 bits per heavy atom. The molecule has 0 atom stereocenters. The van der Waals surface area contributed by atoms with Crippen LogP contribution in [0.1, 0.15) is 40.5 Å². The van der Waals surface area contributed by atoms with Crippen LogP contribution in [0.2, 0.25) is 0 Å². The van der Waals surface area contributed by atoms with Crippen molar-refractivity contribution in [2.24, 2.45) is 0 Å². The molecule has 1 amide bonds. The predicted octanol–water partition coefficient (Wildman–Crippen LogP) is 3.99. The van der Waals surface area contributed by atoms with Gasteiger partial charge in [-0.25, -0.2) is 9.78 Å². The summed E-state index contributed by atoms with van der Waals surface area (Å²) in [7, 11) is 0. The number of rotatable bonds is 6. The minimum atomic E-state index is -0.495. The SMILES string of the molecule is CCOC(=O)c1[nH]c2ccc(CNc3nc(C)c(C)s3)cc2c1NC(C)=O. The molecule has 0 unspecified atom stereocenters. The van der Waals surface area contributed by atoms with Crippen LogP contribution in [0.15, 0.2) is 18.2 Å². The van der Waals surface area contributed by atoms with Gasteiger partial charge in [0.15, 0.2) is 5.13 Å². The standard InChI is InChI=1S/C19H22N4O3S/c1-5-26-18(25)17-16(22-12(4)24)14-8-13(6-7-15(14)23-17)9-20-19-21-10(2)11(3)27-19/h6-8,23H,5,9H2,1-4H3,(H,20,21)(H,22,24). The van der Waals surface area contributed by atoms with Gasteiger partial charge >= 0.3 is 5.97 Å². The van der Waals surface area contributed by atoms with Gasteiger partial charge in [-0.1, -0.05) is 6.07 Å². The highest BCUT2D eigenvalue weighted by Gasteiger charge is 2.20. The molecular weight excluding hydrogens is 364 g/mol. The Bertz CT molecular complexity index is 986. The van der Waals surface area contributed by atoms with Gasteiger partial charge in [0.2, 0.25) is 5.91 Å². The van der Waals surface area contributed by atoms with Crippen LogP contribution < -0.4 is 10.6 Å². The zero-order chi connectivity index (χ0) is 19.6. The smallest absolute Gasteiger partial charge is 0.356 e. The minimum Gasteiger partial charge on any atom is -0.461 e. The fourth-order valence-corrected chi connectivity index (χ4v) is 3.55. The fraction of sp³-hybridized carbons (Fsp3) is 0.316. The van der Waals surface area contributed by atoms with Crippen molar-refractivity contribution >= 4 is 44.9 Å². The van der Waals surface area contributed by atoms with Gasteiger partial charge in [-0.3, -0.25) is 4.79 Å². The van der Waals surface area contributed by atoms with E-state index in [1.165, 1.54) is 11.8 Å². The Morgan fingerprint density at radius 2 is 2.07 bits per heavy atom. The molecule has 8 heteroatoms. The number of benzene rings is 1. The van der Waals surface area contributed by atoms with Crippen molar-refractivity contribution < 1.29 is 14.3 Å². The van der Waals surface area contributed by atoms with Gasteiger partial charge in [-0.05, 0) is 38.5 Å². The van der Waals surface area contributed by atoms with Crippen molar-refractivity contribution in [3.63, 3.8) is 0 Å². The van der Waals surface area contributed by atoms with Crippen LogP contribution >= 0.6 is 11.3 Å². The van der Waals surface area contributed by atoms with Gasteiger partial charge in [0.1, 0.15) is 5.69 Å². The van der Waals surface area contributed by atoms with Gasteiger partial charge < -0.3 is 20.4 Å². The molecule has 0 spiro atoms. The molecule has 142 valence electrons. The Labute approximate surface area is 161 Å². The van der Waals surface area contributed by atoms with Crippen molar-refractivity contribution in [3.8, 4) is 0 Å². The van der Waals surface area contributed by atoms with E-state index in [0.717, 1.165) is 27.3 Å². The number of H-pyrrole nitrogens is 1. The topological polar surface area (TPSA) is 96.1 Å². The number of carbonyl (C=O) groups excluding carboxylic acids is 2. The molecule has 1 aromatic carbocycles. The summed E-state index contributed by atoms with van der Waals surface area (Å²) in [5, 5.41) is 7.69. The maximum atomic E-state index is 12.2. The van der Waals surface area contributed by atoms with E-state index in [2.05, 4.69) is 20.6 Å². The lowest BCUT2D eigenvalue weighted by Crippen LogP contribution is -2.12. The van der Waals surface area contributed by atoms with Crippen LogP contribution in [0.4, 0.5) is 10.8 Å². The van der Waals surface area contributed by atoms with E-state index >= 15 is 0 Å². The molecule has 0 bridgehead atoms. The lowest BCUT2D eigenvalue weighted by molar-refractivity contribution is -0.114. The first-order valence-electron chi connectivity index (χ1n) is 8.66. The van der Waals surface area contributed by atoms with Crippen molar-refractivity contribution in [2.45, 2.75) is 34.2 Å². The molecule has 3 rings (SSSR count). The van der Waals surface area contributed by atoms with Crippen molar-refractivity contribution in [3.05, 3.63) is 40.0 Å². The number of ether oxygens (including phenoxy) is 1. The number of hydrogen-bond acceptors (Lipinski definition) is 6. The van der Waals surface area contributed by atoms with E-state index in [1.54, 1.807) is 18.3 Å². The summed E-state index contributed by atoms with van der Waals surface area (Å²) in [4.78, 5) is 32.6. The lowest BCUT2D eigenvalue weighted by atomic mass is 10.1. The monoisotopic (exact) mass is 386 g/mol. The second-order valence-corrected chi connectivity index (χ2v) is 7.37. The third-order valence-electron chi connectivity index (χ3n) is 4.12. The maximum absolute atomic E-state index is 12.2. The Balaban J connectivity index is 1.92. The molecule has 0 aliphatic carbocycles.